The molecule has 2 aromatic rings. The molecule has 3 heterocycles. The molecule has 0 aliphatic carbocycles. The molecule has 2 amide bonds. The van der Waals surface area contributed by atoms with E-state index in [0.29, 0.717) is 6.54 Å². The van der Waals surface area contributed by atoms with E-state index < -0.39 is 0 Å². The topological polar surface area (TPSA) is 52.9 Å². The van der Waals surface area contributed by atoms with Gasteiger partial charge in [-0.1, -0.05) is 12.1 Å². The van der Waals surface area contributed by atoms with E-state index in [9.17, 15) is 4.79 Å². The molecule has 1 saturated heterocycles. The standard InChI is InChI=1S/C16H21N5O/c1-2-6-19-8-10-20(11-9-19)16(22)17-12-14-13-21-7-4-3-5-15(21)18-14/h2-5,7,13H,1,6,8-12H2,(H,17,22). The zero-order chi connectivity index (χ0) is 15.4. The molecular weight excluding hydrogens is 278 g/mol. The molecule has 0 spiro atoms. The highest BCUT2D eigenvalue weighted by Gasteiger charge is 2.20. The van der Waals surface area contributed by atoms with Gasteiger partial charge in [-0.25, -0.2) is 9.78 Å². The highest BCUT2D eigenvalue weighted by atomic mass is 16.2. The Labute approximate surface area is 130 Å². The first-order valence-corrected chi connectivity index (χ1v) is 7.55. The largest absolute Gasteiger partial charge is 0.332 e. The molecule has 22 heavy (non-hydrogen) atoms. The predicted octanol–water partition coefficient (Wildman–Crippen LogP) is 1.35. The van der Waals surface area contributed by atoms with Gasteiger partial charge in [-0.3, -0.25) is 4.90 Å². The molecule has 0 bridgehead atoms. The highest BCUT2D eigenvalue weighted by molar-refractivity contribution is 5.74. The number of pyridine rings is 1. The second-order valence-corrected chi connectivity index (χ2v) is 5.43. The Morgan fingerprint density at radius 3 is 2.86 bits per heavy atom. The summed E-state index contributed by atoms with van der Waals surface area (Å²) in [4.78, 5) is 20.8. The van der Waals surface area contributed by atoms with Gasteiger partial charge in [0.1, 0.15) is 5.65 Å². The average molecular weight is 299 g/mol. The van der Waals surface area contributed by atoms with Gasteiger partial charge in [0.2, 0.25) is 0 Å². The molecule has 1 fully saturated rings. The van der Waals surface area contributed by atoms with E-state index in [4.69, 9.17) is 0 Å². The number of aromatic nitrogens is 2. The summed E-state index contributed by atoms with van der Waals surface area (Å²) in [6.07, 6.45) is 5.79. The van der Waals surface area contributed by atoms with Crippen molar-refractivity contribution in [2.24, 2.45) is 0 Å². The van der Waals surface area contributed by atoms with Crippen LogP contribution >= 0.6 is 0 Å². The van der Waals surface area contributed by atoms with Crippen LogP contribution in [0, 0.1) is 0 Å². The zero-order valence-electron chi connectivity index (χ0n) is 12.6. The van der Waals surface area contributed by atoms with Crippen LogP contribution in [-0.2, 0) is 6.54 Å². The number of fused-ring (bicyclic) bond motifs is 1. The Bertz CT molecular complexity index is 624. The number of nitrogens with zero attached hydrogens (tertiary/aromatic N) is 4. The normalized spacial score (nSPS) is 15.9. The van der Waals surface area contributed by atoms with Gasteiger partial charge < -0.3 is 14.6 Å². The first-order valence-electron chi connectivity index (χ1n) is 7.55. The molecule has 0 unspecified atom stereocenters. The SMILES string of the molecule is C=CCN1CCN(C(=O)NCc2cn3ccccc3n2)CC1. The number of rotatable bonds is 4. The van der Waals surface area contributed by atoms with Crippen LogP contribution in [0.3, 0.4) is 0 Å². The minimum absolute atomic E-state index is 0.0182. The Balaban J connectivity index is 1.51. The summed E-state index contributed by atoms with van der Waals surface area (Å²) >= 11 is 0. The third-order valence-electron chi connectivity index (χ3n) is 3.88. The number of hydrogen-bond donors (Lipinski definition) is 1. The summed E-state index contributed by atoms with van der Waals surface area (Å²) in [5, 5.41) is 2.95. The number of piperazine rings is 1. The van der Waals surface area contributed by atoms with Gasteiger partial charge in [-0.15, -0.1) is 6.58 Å². The third-order valence-corrected chi connectivity index (χ3v) is 3.88. The molecule has 1 aliphatic rings. The number of amides is 2. The lowest BCUT2D eigenvalue weighted by atomic mass is 10.3. The number of hydrogen-bond acceptors (Lipinski definition) is 3. The van der Waals surface area contributed by atoms with E-state index >= 15 is 0 Å². The molecule has 3 rings (SSSR count). The van der Waals surface area contributed by atoms with Gasteiger partial charge in [-0.05, 0) is 12.1 Å². The van der Waals surface area contributed by atoms with Crippen LogP contribution in [0.1, 0.15) is 5.69 Å². The predicted molar refractivity (Wildman–Crippen MR) is 85.6 cm³/mol. The van der Waals surface area contributed by atoms with Crippen LogP contribution in [0.2, 0.25) is 0 Å². The maximum absolute atomic E-state index is 12.2. The Morgan fingerprint density at radius 1 is 1.32 bits per heavy atom. The Morgan fingerprint density at radius 2 is 2.14 bits per heavy atom. The van der Waals surface area contributed by atoms with Crippen LogP contribution in [0.15, 0.2) is 43.2 Å². The Hall–Kier alpha value is -2.34. The lowest BCUT2D eigenvalue weighted by Crippen LogP contribution is -2.51. The number of nitrogens with one attached hydrogen (secondary N) is 1. The van der Waals surface area contributed by atoms with E-state index in [2.05, 4.69) is 21.8 Å². The second kappa shape index (κ2) is 6.62. The maximum Gasteiger partial charge on any atom is 0.317 e. The Kier molecular flexibility index (Phi) is 4.39. The molecule has 1 aliphatic heterocycles. The molecule has 2 aromatic heterocycles. The van der Waals surface area contributed by atoms with E-state index in [-0.39, 0.29) is 6.03 Å². The van der Waals surface area contributed by atoms with Crippen molar-refractivity contribution < 1.29 is 4.79 Å². The van der Waals surface area contributed by atoms with Crippen molar-refractivity contribution in [1.29, 1.82) is 0 Å². The van der Waals surface area contributed by atoms with Crippen molar-refractivity contribution in [1.82, 2.24) is 24.5 Å². The van der Waals surface area contributed by atoms with Crippen LogP contribution in [0.25, 0.3) is 5.65 Å². The van der Waals surface area contributed by atoms with Crippen molar-refractivity contribution in [2.45, 2.75) is 6.54 Å². The van der Waals surface area contributed by atoms with Gasteiger partial charge in [0.25, 0.3) is 0 Å². The van der Waals surface area contributed by atoms with Crippen molar-refractivity contribution >= 4 is 11.7 Å². The van der Waals surface area contributed by atoms with Gasteiger partial charge in [0.05, 0.1) is 12.2 Å². The van der Waals surface area contributed by atoms with E-state index in [0.717, 1.165) is 44.1 Å². The van der Waals surface area contributed by atoms with E-state index in [1.807, 2.05) is 46.0 Å². The van der Waals surface area contributed by atoms with E-state index in [1.54, 1.807) is 0 Å². The van der Waals surface area contributed by atoms with Crippen LogP contribution in [-0.4, -0.2) is 57.9 Å². The lowest BCUT2D eigenvalue weighted by Gasteiger charge is -2.34. The monoisotopic (exact) mass is 299 g/mol. The molecule has 6 heteroatoms. The van der Waals surface area contributed by atoms with Crippen LogP contribution < -0.4 is 5.32 Å². The first kappa shape index (κ1) is 14.6. The lowest BCUT2D eigenvalue weighted by molar-refractivity contribution is 0.146. The quantitative estimate of drug-likeness (QED) is 0.867. The minimum atomic E-state index is -0.0182. The van der Waals surface area contributed by atoms with E-state index in [1.165, 1.54) is 0 Å². The number of imidazole rings is 1. The summed E-state index contributed by atoms with van der Waals surface area (Å²) < 4.78 is 1.95. The van der Waals surface area contributed by atoms with Gasteiger partial charge in [0.15, 0.2) is 0 Å². The fourth-order valence-electron chi connectivity index (χ4n) is 2.67. The minimum Gasteiger partial charge on any atom is -0.332 e. The average Bonchev–Trinajstić information content (AvgIpc) is 2.96. The van der Waals surface area contributed by atoms with Crippen LogP contribution in [0.5, 0.6) is 0 Å². The van der Waals surface area contributed by atoms with Gasteiger partial charge in [0, 0.05) is 45.1 Å². The van der Waals surface area contributed by atoms with Crippen LogP contribution in [0.4, 0.5) is 4.79 Å². The van der Waals surface area contributed by atoms with Crippen molar-refractivity contribution in [3.8, 4) is 0 Å². The summed E-state index contributed by atoms with van der Waals surface area (Å²) in [6.45, 7) is 8.39. The van der Waals surface area contributed by atoms with Crippen molar-refractivity contribution in [3.05, 3.63) is 48.9 Å². The maximum atomic E-state index is 12.2. The second-order valence-electron chi connectivity index (χ2n) is 5.43. The van der Waals surface area contributed by atoms with Crippen molar-refractivity contribution in [3.63, 3.8) is 0 Å². The van der Waals surface area contributed by atoms with Gasteiger partial charge >= 0.3 is 6.03 Å². The molecule has 0 atom stereocenters. The summed E-state index contributed by atoms with van der Waals surface area (Å²) in [5.41, 5.74) is 1.76. The fraction of sp³-hybridized carbons (Fsp3) is 0.375. The molecule has 6 nitrogen and oxygen atoms in total. The summed E-state index contributed by atoms with van der Waals surface area (Å²) in [7, 11) is 0. The third kappa shape index (κ3) is 3.28. The first-order chi connectivity index (χ1) is 10.8. The summed E-state index contributed by atoms with van der Waals surface area (Å²) in [6, 6.07) is 5.84. The zero-order valence-corrected chi connectivity index (χ0v) is 12.6. The molecular formula is C16H21N5O. The molecule has 116 valence electrons. The molecule has 0 radical (unpaired) electrons. The summed E-state index contributed by atoms with van der Waals surface area (Å²) in [5.74, 6) is 0. The number of carbonyl (C=O) groups is 1. The molecule has 0 saturated carbocycles. The fourth-order valence-corrected chi connectivity index (χ4v) is 2.67. The molecule has 1 N–H and O–H groups in total. The molecule has 0 aromatic carbocycles. The van der Waals surface area contributed by atoms with Gasteiger partial charge in [-0.2, -0.15) is 0 Å². The smallest absolute Gasteiger partial charge is 0.317 e. The number of urea groups is 1. The van der Waals surface area contributed by atoms with Crippen molar-refractivity contribution in [2.75, 3.05) is 32.7 Å². The highest BCUT2D eigenvalue weighted by Crippen LogP contribution is 2.05. The number of carbonyl (C=O) groups excluding carboxylic acids is 1.